The molecular formula is C18H36O3Si. The molecule has 2 N–H and O–H groups in total. The number of hydrogen-bond donors (Lipinski definition) is 2. The van der Waals surface area contributed by atoms with E-state index in [2.05, 4.69) is 40.4 Å². The van der Waals surface area contributed by atoms with E-state index in [0.29, 0.717) is 6.42 Å². The van der Waals surface area contributed by atoms with E-state index in [9.17, 15) is 10.2 Å². The van der Waals surface area contributed by atoms with Crippen molar-refractivity contribution in [1.82, 2.24) is 0 Å². The van der Waals surface area contributed by atoms with Gasteiger partial charge in [0.05, 0.1) is 17.8 Å². The Morgan fingerprint density at radius 3 is 2.00 bits per heavy atom. The molecule has 0 saturated heterocycles. The minimum atomic E-state index is -1.87. The Balaban J connectivity index is 4.99. The smallest absolute Gasteiger partial charge is 0.192 e. The minimum absolute atomic E-state index is 0.0814. The monoisotopic (exact) mass is 328 g/mol. The molecule has 0 radical (unpaired) electrons. The van der Waals surface area contributed by atoms with E-state index < -0.39 is 20.0 Å². The van der Waals surface area contributed by atoms with Crippen molar-refractivity contribution in [2.24, 2.45) is 5.92 Å². The molecule has 0 heterocycles. The average Bonchev–Trinajstić information content (AvgIpc) is 2.32. The van der Waals surface area contributed by atoms with Gasteiger partial charge in [-0.3, -0.25) is 0 Å². The van der Waals surface area contributed by atoms with Crippen molar-refractivity contribution in [1.29, 1.82) is 0 Å². The van der Waals surface area contributed by atoms with E-state index >= 15 is 0 Å². The Hall–Kier alpha value is -0.423. The Kier molecular flexibility index (Phi) is 7.76. The highest BCUT2D eigenvalue weighted by atomic mass is 28.4. The zero-order valence-electron chi connectivity index (χ0n) is 15.7. The molecule has 0 bridgehead atoms. The fourth-order valence-corrected chi connectivity index (χ4v) is 2.99. The maximum atomic E-state index is 10.2. The SMILES string of the molecule is C=CC[C@@H](/C=C/[C@@H](O)[C@@H](C)C(C)(C)O)O[Si](C)(C)C(C)(C)C. The van der Waals surface area contributed by atoms with Crippen LogP contribution < -0.4 is 0 Å². The van der Waals surface area contributed by atoms with Crippen molar-refractivity contribution in [3.63, 3.8) is 0 Å². The van der Waals surface area contributed by atoms with E-state index in [4.69, 9.17) is 4.43 Å². The molecule has 0 rings (SSSR count). The third-order valence-corrected chi connectivity index (χ3v) is 9.31. The van der Waals surface area contributed by atoms with E-state index in [1.54, 1.807) is 19.9 Å². The molecule has 0 aliphatic rings. The van der Waals surface area contributed by atoms with Gasteiger partial charge in [0.15, 0.2) is 8.32 Å². The third-order valence-electron chi connectivity index (χ3n) is 4.80. The molecule has 0 spiro atoms. The van der Waals surface area contributed by atoms with Crippen LogP contribution in [-0.4, -0.2) is 36.3 Å². The summed E-state index contributed by atoms with van der Waals surface area (Å²) in [5, 5.41) is 20.3. The Morgan fingerprint density at radius 1 is 1.14 bits per heavy atom. The predicted octanol–water partition coefficient (Wildman–Crippen LogP) is 4.28. The number of hydrogen-bond acceptors (Lipinski definition) is 3. The summed E-state index contributed by atoms with van der Waals surface area (Å²) in [5.41, 5.74) is -0.919. The molecule has 0 amide bonds. The first-order valence-corrected chi connectivity index (χ1v) is 11.0. The van der Waals surface area contributed by atoms with Gasteiger partial charge in [0.2, 0.25) is 0 Å². The standard InChI is InChI=1S/C18H36O3Si/c1-10-11-15(21-22(8,9)17(3,4)5)12-13-16(19)14(2)18(6,7)20/h10,12-16,19-20H,1,11H2,2-9H3/b13-12+/t14-,15+,16-/m1/s1. The van der Waals surface area contributed by atoms with Gasteiger partial charge in [0.1, 0.15) is 0 Å². The maximum Gasteiger partial charge on any atom is 0.192 e. The Bertz CT molecular complexity index is 375. The van der Waals surface area contributed by atoms with Crippen molar-refractivity contribution >= 4 is 8.32 Å². The second-order valence-electron chi connectivity index (χ2n) is 8.26. The fourth-order valence-electron chi connectivity index (χ4n) is 1.71. The van der Waals surface area contributed by atoms with Crippen molar-refractivity contribution in [2.75, 3.05) is 0 Å². The molecule has 22 heavy (non-hydrogen) atoms. The normalized spacial score (nSPS) is 18.3. The van der Waals surface area contributed by atoms with Gasteiger partial charge < -0.3 is 14.6 Å². The van der Waals surface area contributed by atoms with Gasteiger partial charge in [-0.05, 0) is 38.4 Å². The van der Waals surface area contributed by atoms with Crippen LogP contribution in [0, 0.1) is 5.92 Å². The van der Waals surface area contributed by atoms with E-state index in [0.717, 1.165) is 0 Å². The summed E-state index contributed by atoms with van der Waals surface area (Å²) in [4.78, 5) is 0. The highest BCUT2D eigenvalue weighted by molar-refractivity contribution is 6.74. The lowest BCUT2D eigenvalue weighted by atomic mass is 9.87. The van der Waals surface area contributed by atoms with Gasteiger partial charge >= 0.3 is 0 Å². The maximum absolute atomic E-state index is 10.2. The third kappa shape index (κ3) is 6.78. The summed E-state index contributed by atoms with van der Waals surface area (Å²) in [7, 11) is -1.87. The zero-order chi connectivity index (χ0) is 17.8. The van der Waals surface area contributed by atoms with E-state index in [-0.39, 0.29) is 17.1 Å². The van der Waals surface area contributed by atoms with Gasteiger partial charge in [0.25, 0.3) is 0 Å². The number of rotatable bonds is 8. The fraction of sp³-hybridized carbons (Fsp3) is 0.778. The minimum Gasteiger partial charge on any atom is -0.410 e. The highest BCUT2D eigenvalue weighted by Gasteiger charge is 2.38. The van der Waals surface area contributed by atoms with Crippen LogP contribution in [0.3, 0.4) is 0 Å². The van der Waals surface area contributed by atoms with Gasteiger partial charge in [0, 0.05) is 5.92 Å². The first-order chi connectivity index (χ1) is 9.72. The topological polar surface area (TPSA) is 49.7 Å². The van der Waals surface area contributed by atoms with Crippen LogP contribution in [0.5, 0.6) is 0 Å². The summed E-state index contributed by atoms with van der Waals surface area (Å²) in [6.07, 6.45) is 5.43. The first kappa shape index (κ1) is 21.6. The molecule has 0 aromatic carbocycles. The summed E-state index contributed by atoms with van der Waals surface area (Å²) < 4.78 is 6.37. The molecule has 4 heteroatoms. The van der Waals surface area contributed by atoms with Crippen molar-refractivity contribution < 1.29 is 14.6 Å². The lowest BCUT2D eigenvalue weighted by Crippen LogP contribution is -2.43. The molecule has 0 unspecified atom stereocenters. The number of aliphatic hydroxyl groups is 2. The molecule has 3 atom stereocenters. The number of aliphatic hydroxyl groups excluding tert-OH is 1. The molecule has 0 aliphatic heterocycles. The van der Waals surface area contributed by atoms with Gasteiger partial charge in [-0.1, -0.05) is 45.9 Å². The average molecular weight is 329 g/mol. The lowest BCUT2D eigenvalue weighted by Gasteiger charge is -2.38. The van der Waals surface area contributed by atoms with Crippen LogP contribution in [0.4, 0.5) is 0 Å². The summed E-state index contributed by atoms with van der Waals surface area (Å²) >= 11 is 0. The van der Waals surface area contributed by atoms with Crippen molar-refractivity contribution in [3.05, 3.63) is 24.8 Å². The second-order valence-corrected chi connectivity index (χ2v) is 13.0. The molecule has 130 valence electrons. The largest absolute Gasteiger partial charge is 0.410 e. The van der Waals surface area contributed by atoms with E-state index in [1.165, 1.54) is 0 Å². The molecular weight excluding hydrogens is 292 g/mol. The van der Waals surface area contributed by atoms with Crippen LogP contribution in [-0.2, 0) is 4.43 Å². The zero-order valence-corrected chi connectivity index (χ0v) is 16.7. The Labute approximate surface area is 138 Å². The van der Waals surface area contributed by atoms with Crippen LogP contribution in [0.2, 0.25) is 18.1 Å². The summed E-state index contributed by atoms with van der Waals surface area (Å²) in [5.74, 6) is -0.249. The first-order valence-electron chi connectivity index (χ1n) is 8.10. The molecule has 0 saturated carbocycles. The van der Waals surface area contributed by atoms with Gasteiger partial charge in [-0.2, -0.15) is 0 Å². The van der Waals surface area contributed by atoms with Crippen LogP contribution in [0.15, 0.2) is 24.8 Å². The quantitative estimate of drug-likeness (QED) is 0.516. The Morgan fingerprint density at radius 2 is 1.64 bits per heavy atom. The van der Waals surface area contributed by atoms with Crippen LogP contribution >= 0.6 is 0 Å². The molecule has 0 aromatic rings. The molecule has 0 aromatic heterocycles. The van der Waals surface area contributed by atoms with Crippen LogP contribution in [0.25, 0.3) is 0 Å². The summed E-state index contributed by atoms with van der Waals surface area (Å²) in [6, 6.07) is 0. The van der Waals surface area contributed by atoms with Crippen molar-refractivity contribution in [2.45, 2.75) is 83.9 Å². The van der Waals surface area contributed by atoms with Gasteiger partial charge in [-0.25, -0.2) is 0 Å². The van der Waals surface area contributed by atoms with Crippen LogP contribution in [0.1, 0.15) is 48.0 Å². The molecule has 0 aliphatic carbocycles. The lowest BCUT2D eigenvalue weighted by molar-refractivity contribution is -0.0221. The van der Waals surface area contributed by atoms with Gasteiger partial charge in [-0.15, -0.1) is 6.58 Å². The summed E-state index contributed by atoms with van der Waals surface area (Å²) in [6.45, 7) is 20.1. The van der Waals surface area contributed by atoms with E-state index in [1.807, 2.05) is 19.1 Å². The second kappa shape index (κ2) is 7.91. The molecule has 0 fully saturated rings. The predicted molar refractivity (Wildman–Crippen MR) is 97.5 cm³/mol. The molecule has 3 nitrogen and oxygen atoms in total. The van der Waals surface area contributed by atoms with Crippen molar-refractivity contribution in [3.8, 4) is 0 Å². The highest BCUT2D eigenvalue weighted by Crippen LogP contribution is 2.37.